The normalized spacial score (nSPS) is 11.5. The van der Waals surface area contributed by atoms with Crippen molar-refractivity contribution in [2.24, 2.45) is 0 Å². The first-order chi connectivity index (χ1) is 9.91. The van der Waals surface area contributed by atoms with Gasteiger partial charge in [0.05, 0.1) is 10.0 Å². The van der Waals surface area contributed by atoms with Crippen molar-refractivity contribution < 1.29 is 13.2 Å². The Hall–Kier alpha value is -1.35. The maximum Gasteiger partial charge on any atom is 0.417 e. The lowest BCUT2D eigenvalue weighted by Crippen LogP contribution is -2.05. The van der Waals surface area contributed by atoms with Crippen LogP contribution >= 0.6 is 27.7 Å². The third-order valence-corrected chi connectivity index (χ3v) is 4.33. The number of anilines is 1. The average molecular weight is 379 g/mol. The second kappa shape index (κ2) is 6.61. The van der Waals surface area contributed by atoms with E-state index in [9.17, 15) is 13.2 Å². The Morgan fingerprint density at radius 1 is 1.24 bits per heavy atom. The molecule has 0 aliphatic rings. The van der Waals surface area contributed by atoms with Crippen LogP contribution in [0.3, 0.4) is 0 Å². The first kappa shape index (κ1) is 16.0. The Morgan fingerprint density at radius 3 is 2.57 bits per heavy atom. The number of halogens is 4. The highest BCUT2D eigenvalue weighted by atomic mass is 79.9. The van der Waals surface area contributed by atoms with Crippen LogP contribution in [0.5, 0.6) is 0 Å². The van der Waals surface area contributed by atoms with Crippen LogP contribution in [0.2, 0.25) is 0 Å². The molecule has 0 aromatic carbocycles. The van der Waals surface area contributed by atoms with Crippen molar-refractivity contribution in [2.75, 3.05) is 11.9 Å². The molecular formula is C12H10BrF3N4S. The van der Waals surface area contributed by atoms with Crippen molar-refractivity contribution in [3.05, 3.63) is 34.7 Å². The standard InChI is InChI=1S/C12H10BrF3N4S/c1-2-17-10-9(13)11(20-6-19-10)21-8-4-3-7(5-18-8)12(14,15)16/h3-6H,2H2,1H3,(H,17,19,20). The summed E-state index contributed by atoms with van der Waals surface area (Å²) in [6.07, 6.45) is -2.19. The van der Waals surface area contributed by atoms with E-state index in [1.54, 1.807) is 0 Å². The second-order valence-electron chi connectivity index (χ2n) is 3.86. The first-order valence-corrected chi connectivity index (χ1v) is 7.48. The van der Waals surface area contributed by atoms with Crippen LogP contribution < -0.4 is 5.32 Å². The van der Waals surface area contributed by atoms with Gasteiger partial charge in [-0.3, -0.25) is 0 Å². The van der Waals surface area contributed by atoms with Crippen molar-refractivity contribution in [2.45, 2.75) is 23.2 Å². The molecule has 0 amide bonds. The van der Waals surface area contributed by atoms with Crippen molar-refractivity contribution in [3.8, 4) is 0 Å². The van der Waals surface area contributed by atoms with E-state index in [1.165, 1.54) is 12.4 Å². The van der Waals surface area contributed by atoms with Crippen LogP contribution in [0.1, 0.15) is 12.5 Å². The molecule has 112 valence electrons. The molecule has 2 aromatic rings. The molecule has 0 saturated carbocycles. The van der Waals surface area contributed by atoms with E-state index in [2.05, 4.69) is 36.2 Å². The maximum absolute atomic E-state index is 12.5. The summed E-state index contributed by atoms with van der Waals surface area (Å²) in [7, 11) is 0. The molecule has 1 N–H and O–H groups in total. The number of alkyl halides is 3. The summed E-state index contributed by atoms with van der Waals surface area (Å²) in [6, 6.07) is 2.31. The Kier molecular flexibility index (Phi) is 5.04. The molecule has 0 atom stereocenters. The number of nitrogens with one attached hydrogen (secondary N) is 1. The topological polar surface area (TPSA) is 50.7 Å². The first-order valence-electron chi connectivity index (χ1n) is 5.87. The lowest BCUT2D eigenvalue weighted by atomic mass is 10.3. The van der Waals surface area contributed by atoms with Gasteiger partial charge in [0.2, 0.25) is 0 Å². The summed E-state index contributed by atoms with van der Waals surface area (Å²) in [4.78, 5) is 12.0. The van der Waals surface area contributed by atoms with Gasteiger partial charge in [-0.1, -0.05) is 0 Å². The third kappa shape index (κ3) is 4.07. The Balaban J connectivity index is 2.20. The minimum Gasteiger partial charge on any atom is -0.369 e. The fraction of sp³-hybridized carbons (Fsp3) is 0.250. The molecule has 2 heterocycles. The molecule has 0 aliphatic carbocycles. The lowest BCUT2D eigenvalue weighted by molar-refractivity contribution is -0.137. The number of hydrogen-bond acceptors (Lipinski definition) is 5. The van der Waals surface area contributed by atoms with Gasteiger partial charge in [0.25, 0.3) is 0 Å². The monoisotopic (exact) mass is 378 g/mol. The summed E-state index contributed by atoms with van der Waals surface area (Å²) >= 11 is 4.53. The zero-order valence-electron chi connectivity index (χ0n) is 10.8. The predicted molar refractivity (Wildman–Crippen MR) is 77.3 cm³/mol. The lowest BCUT2D eigenvalue weighted by Gasteiger charge is -2.09. The van der Waals surface area contributed by atoms with E-state index < -0.39 is 11.7 Å². The Morgan fingerprint density at radius 2 is 2.00 bits per heavy atom. The molecule has 4 nitrogen and oxygen atoms in total. The zero-order valence-corrected chi connectivity index (χ0v) is 13.2. The van der Waals surface area contributed by atoms with E-state index in [4.69, 9.17) is 0 Å². The predicted octanol–water partition coefficient (Wildman–Crippen LogP) is 4.24. The largest absolute Gasteiger partial charge is 0.417 e. The summed E-state index contributed by atoms with van der Waals surface area (Å²) < 4.78 is 38.0. The minimum absolute atomic E-state index is 0.421. The zero-order chi connectivity index (χ0) is 15.5. The van der Waals surface area contributed by atoms with Gasteiger partial charge in [-0.05, 0) is 46.7 Å². The highest BCUT2D eigenvalue weighted by Gasteiger charge is 2.30. The van der Waals surface area contributed by atoms with E-state index in [0.29, 0.717) is 26.9 Å². The molecule has 9 heteroatoms. The van der Waals surface area contributed by atoms with Crippen LogP contribution in [0, 0.1) is 0 Å². The van der Waals surface area contributed by atoms with E-state index in [1.807, 2.05) is 6.92 Å². The molecule has 0 fully saturated rings. The van der Waals surface area contributed by atoms with Crippen LogP contribution in [0.4, 0.5) is 19.0 Å². The van der Waals surface area contributed by atoms with E-state index >= 15 is 0 Å². The van der Waals surface area contributed by atoms with E-state index in [0.717, 1.165) is 24.0 Å². The summed E-state index contributed by atoms with van der Waals surface area (Å²) in [5.41, 5.74) is -0.776. The molecule has 21 heavy (non-hydrogen) atoms. The molecule has 0 bridgehead atoms. The van der Waals surface area contributed by atoms with Crippen LogP contribution in [0.15, 0.2) is 39.2 Å². The second-order valence-corrected chi connectivity index (χ2v) is 5.66. The summed E-state index contributed by atoms with van der Waals surface area (Å²) in [5.74, 6) is 0.627. The smallest absolute Gasteiger partial charge is 0.369 e. The molecule has 0 radical (unpaired) electrons. The quantitative estimate of drug-likeness (QED) is 0.806. The number of rotatable bonds is 4. The minimum atomic E-state index is -4.39. The van der Waals surface area contributed by atoms with Gasteiger partial charge in [0.1, 0.15) is 22.2 Å². The highest BCUT2D eigenvalue weighted by molar-refractivity contribution is 9.10. The van der Waals surface area contributed by atoms with Gasteiger partial charge < -0.3 is 5.32 Å². The molecule has 0 spiro atoms. The van der Waals surface area contributed by atoms with Gasteiger partial charge in [-0.15, -0.1) is 0 Å². The van der Waals surface area contributed by atoms with Crippen molar-refractivity contribution in [3.63, 3.8) is 0 Å². The Labute approximate surface area is 131 Å². The van der Waals surface area contributed by atoms with Gasteiger partial charge in [-0.25, -0.2) is 15.0 Å². The molecule has 0 saturated heterocycles. The average Bonchev–Trinajstić information content (AvgIpc) is 2.43. The van der Waals surface area contributed by atoms with Crippen molar-refractivity contribution in [1.29, 1.82) is 0 Å². The highest BCUT2D eigenvalue weighted by Crippen LogP contribution is 2.35. The molecule has 2 aromatic heterocycles. The van der Waals surface area contributed by atoms with Crippen LogP contribution in [0.25, 0.3) is 0 Å². The van der Waals surface area contributed by atoms with Crippen molar-refractivity contribution in [1.82, 2.24) is 15.0 Å². The van der Waals surface area contributed by atoms with Crippen LogP contribution in [-0.4, -0.2) is 21.5 Å². The molecule has 2 rings (SSSR count). The van der Waals surface area contributed by atoms with Gasteiger partial charge in [0.15, 0.2) is 0 Å². The molecule has 0 aliphatic heterocycles. The molecule has 0 unspecified atom stereocenters. The fourth-order valence-corrected chi connectivity index (χ4v) is 2.74. The number of aromatic nitrogens is 3. The number of nitrogens with zero attached hydrogens (tertiary/aromatic N) is 3. The third-order valence-electron chi connectivity index (χ3n) is 2.37. The van der Waals surface area contributed by atoms with E-state index in [-0.39, 0.29) is 0 Å². The maximum atomic E-state index is 12.5. The summed E-state index contributed by atoms with van der Waals surface area (Å²) in [6.45, 7) is 2.62. The fourth-order valence-electron chi connectivity index (χ4n) is 1.42. The van der Waals surface area contributed by atoms with Crippen LogP contribution in [-0.2, 0) is 6.18 Å². The SMILES string of the molecule is CCNc1ncnc(Sc2ccc(C(F)(F)F)cn2)c1Br. The Bertz CT molecular complexity index is 619. The van der Waals surface area contributed by atoms with Gasteiger partial charge in [0, 0.05) is 12.7 Å². The number of hydrogen-bond donors (Lipinski definition) is 1. The number of pyridine rings is 1. The summed E-state index contributed by atoms with van der Waals surface area (Å²) in [5, 5.41) is 4.05. The van der Waals surface area contributed by atoms with Gasteiger partial charge >= 0.3 is 6.18 Å². The molecular weight excluding hydrogens is 369 g/mol. The van der Waals surface area contributed by atoms with Gasteiger partial charge in [-0.2, -0.15) is 13.2 Å². The van der Waals surface area contributed by atoms with Crippen molar-refractivity contribution >= 4 is 33.5 Å².